The van der Waals surface area contributed by atoms with Crippen LogP contribution >= 0.6 is 12.4 Å². The fourth-order valence-electron chi connectivity index (χ4n) is 1.97. The summed E-state index contributed by atoms with van der Waals surface area (Å²) < 4.78 is 0. The zero-order valence-corrected chi connectivity index (χ0v) is 14.5. The first-order valence-electron chi connectivity index (χ1n) is 7.31. The summed E-state index contributed by atoms with van der Waals surface area (Å²) in [4.78, 5) is 30.4. The van der Waals surface area contributed by atoms with Gasteiger partial charge in [0.15, 0.2) is 0 Å². The van der Waals surface area contributed by atoms with Crippen LogP contribution in [0.2, 0.25) is 0 Å². The molecule has 2 aromatic rings. The number of carbonyl (C=O) groups excluding carboxylic acids is 2. The summed E-state index contributed by atoms with van der Waals surface area (Å²) in [6.07, 6.45) is 3.08. The maximum atomic E-state index is 12.3. The van der Waals surface area contributed by atoms with E-state index in [0.29, 0.717) is 23.4 Å². The summed E-state index contributed by atoms with van der Waals surface area (Å²) in [5.74, 6) is -0.513. The number of nitrogens with one attached hydrogen (secondary N) is 2. The number of rotatable bonds is 6. The Balaban J connectivity index is 0.00000288. The molecule has 0 bridgehead atoms. The number of amides is 2. The normalized spacial score (nSPS) is 9.96. The molecule has 0 radical (unpaired) electrons. The first-order chi connectivity index (χ1) is 11.1. The van der Waals surface area contributed by atoms with Gasteiger partial charge >= 0.3 is 0 Å². The average Bonchev–Trinajstić information content (AvgIpc) is 2.55. The SMILES string of the molecule is CN(C)CCNC(=O)c1ccccc1NC(=O)c1cccnc1.Cl. The number of pyridine rings is 1. The van der Waals surface area contributed by atoms with E-state index < -0.39 is 0 Å². The molecule has 6 nitrogen and oxygen atoms in total. The second-order valence-electron chi connectivity index (χ2n) is 5.30. The molecule has 2 rings (SSSR count). The number of anilines is 1. The summed E-state index contributed by atoms with van der Waals surface area (Å²) in [6, 6.07) is 10.3. The molecular weight excluding hydrogens is 328 g/mol. The number of nitrogens with zero attached hydrogens (tertiary/aromatic N) is 2. The van der Waals surface area contributed by atoms with Crippen molar-refractivity contribution in [2.45, 2.75) is 0 Å². The molecule has 0 atom stereocenters. The van der Waals surface area contributed by atoms with E-state index in [1.807, 2.05) is 19.0 Å². The topological polar surface area (TPSA) is 74.3 Å². The predicted octanol–water partition coefficient (Wildman–Crippen LogP) is 2.05. The highest BCUT2D eigenvalue weighted by Crippen LogP contribution is 2.16. The van der Waals surface area contributed by atoms with Crippen LogP contribution in [-0.4, -0.2) is 48.9 Å². The second-order valence-corrected chi connectivity index (χ2v) is 5.30. The maximum absolute atomic E-state index is 12.3. The summed E-state index contributed by atoms with van der Waals surface area (Å²) in [5.41, 5.74) is 1.35. The number of carbonyl (C=O) groups is 2. The van der Waals surface area contributed by atoms with Gasteiger partial charge in [0, 0.05) is 25.5 Å². The van der Waals surface area contributed by atoms with Crippen LogP contribution in [0.15, 0.2) is 48.8 Å². The Bertz CT molecular complexity index is 677. The second kappa shape index (κ2) is 9.64. The summed E-state index contributed by atoms with van der Waals surface area (Å²) in [6.45, 7) is 1.28. The quantitative estimate of drug-likeness (QED) is 0.837. The Morgan fingerprint density at radius 3 is 2.50 bits per heavy atom. The van der Waals surface area contributed by atoms with Crippen molar-refractivity contribution in [2.75, 3.05) is 32.5 Å². The van der Waals surface area contributed by atoms with Gasteiger partial charge in [0.05, 0.1) is 16.8 Å². The van der Waals surface area contributed by atoms with Crippen molar-refractivity contribution < 1.29 is 9.59 Å². The average molecular weight is 349 g/mol. The summed E-state index contributed by atoms with van der Waals surface area (Å²) in [5, 5.41) is 5.60. The molecule has 0 unspecified atom stereocenters. The van der Waals surface area contributed by atoms with Crippen molar-refractivity contribution in [3.63, 3.8) is 0 Å². The van der Waals surface area contributed by atoms with Crippen LogP contribution in [0.5, 0.6) is 0 Å². The summed E-state index contributed by atoms with van der Waals surface area (Å²) >= 11 is 0. The van der Waals surface area contributed by atoms with Gasteiger partial charge in [-0.25, -0.2) is 0 Å². The van der Waals surface area contributed by atoms with E-state index in [1.54, 1.807) is 42.6 Å². The van der Waals surface area contributed by atoms with Crippen LogP contribution in [-0.2, 0) is 0 Å². The lowest BCUT2D eigenvalue weighted by Gasteiger charge is -2.13. The van der Waals surface area contributed by atoms with Gasteiger partial charge in [0.2, 0.25) is 0 Å². The van der Waals surface area contributed by atoms with Crippen LogP contribution in [0.1, 0.15) is 20.7 Å². The van der Waals surface area contributed by atoms with Gasteiger partial charge in [0.1, 0.15) is 0 Å². The summed E-state index contributed by atoms with van der Waals surface area (Å²) in [7, 11) is 3.88. The molecule has 2 N–H and O–H groups in total. The minimum atomic E-state index is -0.299. The number of para-hydroxylation sites is 1. The standard InChI is InChI=1S/C17H20N4O2.ClH/c1-21(2)11-10-19-17(23)14-7-3-4-8-15(14)20-16(22)13-6-5-9-18-12-13;/h3-9,12H,10-11H2,1-2H3,(H,19,23)(H,20,22);1H. The van der Waals surface area contributed by atoms with E-state index in [-0.39, 0.29) is 24.2 Å². The number of likely N-dealkylation sites (N-methyl/N-ethyl adjacent to an activating group) is 1. The third-order valence-corrected chi connectivity index (χ3v) is 3.19. The van der Waals surface area contributed by atoms with E-state index in [9.17, 15) is 9.59 Å². The first kappa shape index (κ1) is 19.6. The number of hydrogen-bond acceptors (Lipinski definition) is 4. The number of aromatic nitrogens is 1. The number of halogens is 1. The third-order valence-electron chi connectivity index (χ3n) is 3.19. The monoisotopic (exact) mass is 348 g/mol. The molecule has 0 saturated heterocycles. The first-order valence-corrected chi connectivity index (χ1v) is 7.31. The van der Waals surface area contributed by atoms with E-state index in [1.165, 1.54) is 6.20 Å². The van der Waals surface area contributed by atoms with Crippen LogP contribution in [0.25, 0.3) is 0 Å². The zero-order valence-electron chi connectivity index (χ0n) is 13.7. The molecule has 0 spiro atoms. The molecule has 0 aliphatic heterocycles. The van der Waals surface area contributed by atoms with E-state index >= 15 is 0 Å². The Kier molecular flexibility index (Phi) is 7.88. The smallest absolute Gasteiger partial charge is 0.257 e. The van der Waals surface area contributed by atoms with Crippen molar-refractivity contribution in [1.29, 1.82) is 0 Å². The molecule has 0 saturated carbocycles. The molecule has 2 amide bonds. The maximum Gasteiger partial charge on any atom is 0.257 e. The van der Waals surface area contributed by atoms with E-state index in [2.05, 4.69) is 15.6 Å². The van der Waals surface area contributed by atoms with Gasteiger partial charge in [-0.05, 0) is 38.4 Å². The lowest BCUT2D eigenvalue weighted by atomic mass is 10.1. The Morgan fingerprint density at radius 1 is 1.08 bits per heavy atom. The van der Waals surface area contributed by atoms with Crippen molar-refractivity contribution >= 4 is 29.9 Å². The lowest BCUT2D eigenvalue weighted by molar-refractivity contribution is 0.0952. The van der Waals surface area contributed by atoms with Gasteiger partial charge in [-0.2, -0.15) is 0 Å². The van der Waals surface area contributed by atoms with Crippen LogP contribution < -0.4 is 10.6 Å². The molecule has 24 heavy (non-hydrogen) atoms. The Hall–Kier alpha value is -2.44. The van der Waals surface area contributed by atoms with E-state index in [0.717, 1.165) is 6.54 Å². The van der Waals surface area contributed by atoms with Gasteiger partial charge in [0.25, 0.3) is 11.8 Å². The molecular formula is C17H21ClN4O2. The Labute approximate surface area is 147 Å². The molecule has 1 aromatic heterocycles. The highest BCUT2D eigenvalue weighted by atomic mass is 35.5. The van der Waals surface area contributed by atoms with Gasteiger partial charge in [-0.1, -0.05) is 12.1 Å². The predicted molar refractivity (Wildman–Crippen MR) is 96.8 cm³/mol. The van der Waals surface area contributed by atoms with E-state index in [4.69, 9.17) is 0 Å². The zero-order chi connectivity index (χ0) is 16.7. The van der Waals surface area contributed by atoms with Crippen molar-refractivity contribution in [1.82, 2.24) is 15.2 Å². The molecule has 1 heterocycles. The highest BCUT2D eigenvalue weighted by Gasteiger charge is 2.13. The number of benzene rings is 1. The fraction of sp³-hybridized carbons (Fsp3) is 0.235. The lowest BCUT2D eigenvalue weighted by Crippen LogP contribution is -2.32. The van der Waals surface area contributed by atoms with Crippen LogP contribution in [0, 0.1) is 0 Å². The largest absolute Gasteiger partial charge is 0.351 e. The van der Waals surface area contributed by atoms with Gasteiger partial charge in [-0.15, -0.1) is 12.4 Å². The van der Waals surface area contributed by atoms with Gasteiger partial charge < -0.3 is 15.5 Å². The molecule has 128 valence electrons. The van der Waals surface area contributed by atoms with Crippen molar-refractivity contribution in [2.24, 2.45) is 0 Å². The minimum Gasteiger partial charge on any atom is -0.351 e. The van der Waals surface area contributed by atoms with Crippen LogP contribution in [0.3, 0.4) is 0 Å². The van der Waals surface area contributed by atoms with Crippen molar-refractivity contribution in [3.05, 3.63) is 59.9 Å². The molecule has 0 aliphatic carbocycles. The molecule has 0 fully saturated rings. The molecule has 1 aromatic carbocycles. The Morgan fingerprint density at radius 2 is 1.83 bits per heavy atom. The molecule has 7 heteroatoms. The number of hydrogen-bond donors (Lipinski definition) is 2. The minimum absolute atomic E-state index is 0. The molecule has 0 aliphatic rings. The van der Waals surface area contributed by atoms with Gasteiger partial charge in [-0.3, -0.25) is 14.6 Å². The fourth-order valence-corrected chi connectivity index (χ4v) is 1.97. The highest BCUT2D eigenvalue weighted by molar-refractivity contribution is 6.08. The third kappa shape index (κ3) is 5.64. The van der Waals surface area contributed by atoms with Crippen LogP contribution in [0.4, 0.5) is 5.69 Å². The van der Waals surface area contributed by atoms with Crippen molar-refractivity contribution in [3.8, 4) is 0 Å².